The maximum absolute atomic E-state index is 13.0. The van der Waals surface area contributed by atoms with Gasteiger partial charge in [0, 0.05) is 41.1 Å². The molecule has 0 atom stereocenters. The molecule has 186 valence electrons. The Bertz CT molecular complexity index is 1720. The molecule has 0 bridgehead atoms. The Hall–Kier alpha value is -4.77. The minimum Gasteiger partial charge on any atom is -0.358 e. The number of fused-ring (bicyclic) bond motifs is 1. The van der Waals surface area contributed by atoms with Gasteiger partial charge in [-0.05, 0) is 61.0 Å². The van der Waals surface area contributed by atoms with Crippen LogP contribution in [0.1, 0.15) is 15.9 Å². The third-order valence-electron chi connectivity index (χ3n) is 5.51. The highest BCUT2D eigenvalue weighted by molar-refractivity contribution is 7.92. The third-order valence-corrected chi connectivity index (χ3v) is 6.12. The van der Waals surface area contributed by atoms with Crippen LogP contribution in [-0.2, 0) is 10.0 Å². The summed E-state index contributed by atoms with van der Waals surface area (Å²) in [7, 11) is -3.43. The molecule has 0 aliphatic heterocycles. The first-order chi connectivity index (χ1) is 17.7. The quantitative estimate of drug-likeness (QED) is 0.247. The number of anilines is 4. The number of sulfonamides is 1. The van der Waals surface area contributed by atoms with Crippen molar-refractivity contribution in [1.29, 1.82) is 0 Å². The molecule has 37 heavy (non-hydrogen) atoms. The summed E-state index contributed by atoms with van der Waals surface area (Å²) in [4.78, 5) is 29.7. The number of aryl methyl sites for hydroxylation is 1. The van der Waals surface area contributed by atoms with Crippen molar-refractivity contribution in [3.63, 3.8) is 0 Å². The van der Waals surface area contributed by atoms with Gasteiger partial charge in [-0.1, -0.05) is 12.1 Å². The first-order valence-corrected chi connectivity index (χ1v) is 13.2. The van der Waals surface area contributed by atoms with Crippen molar-refractivity contribution in [2.24, 2.45) is 0 Å². The van der Waals surface area contributed by atoms with E-state index in [0.29, 0.717) is 34.3 Å². The fourth-order valence-corrected chi connectivity index (χ4v) is 4.36. The fourth-order valence-electron chi connectivity index (χ4n) is 3.81. The molecular formula is C26H23N7O3S. The minimum absolute atomic E-state index is 0.349. The lowest BCUT2D eigenvalue weighted by Crippen LogP contribution is -2.13. The standard InChI is InChI=1S/C26H23N7O3S/c1-16-8-9-17(25(34)29-19-6-3-7-20(14-19)33-37(2,35)36)13-22(16)31-26-30-21-10-12-28-24(21)23(32-26)18-5-4-11-27-15-18/h3-15,28,33H,1-2H3,(H,29,34)(H,30,31,32). The first-order valence-electron chi connectivity index (χ1n) is 11.3. The van der Waals surface area contributed by atoms with Crippen LogP contribution in [0.4, 0.5) is 23.0 Å². The molecule has 3 heterocycles. The van der Waals surface area contributed by atoms with Crippen LogP contribution in [0, 0.1) is 6.92 Å². The molecule has 0 saturated heterocycles. The number of carbonyl (C=O) groups excluding carboxylic acids is 1. The molecule has 5 rings (SSSR count). The Morgan fingerprint density at radius 1 is 0.973 bits per heavy atom. The molecule has 3 aromatic heterocycles. The Morgan fingerprint density at radius 2 is 1.81 bits per heavy atom. The smallest absolute Gasteiger partial charge is 0.255 e. The van der Waals surface area contributed by atoms with Crippen molar-refractivity contribution in [3.8, 4) is 11.3 Å². The van der Waals surface area contributed by atoms with E-state index in [-0.39, 0.29) is 5.91 Å². The van der Waals surface area contributed by atoms with Crippen molar-refractivity contribution >= 4 is 50.0 Å². The first kappa shape index (κ1) is 23.9. The molecule has 0 aliphatic carbocycles. The highest BCUT2D eigenvalue weighted by Gasteiger charge is 2.14. The summed E-state index contributed by atoms with van der Waals surface area (Å²) in [6, 6.07) is 17.4. The SMILES string of the molecule is Cc1ccc(C(=O)Nc2cccc(NS(C)(=O)=O)c2)cc1Nc1nc(-c2cccnc2)c2[nH]ccc2n1. The molecule has 0 unspecified atom stereocenters. The largest absolute Gasteiger partial charge is 0.358 e. The van der Waals surface area contributed by atoms with E-state index in [1.807, 2.05) is 31.2 Å². The van der Waals surface area contributed by atoms with Crippen LogP contribution < -0.4 is 15.4 Å². The highest BCUT2D eigenvalue weighted by Crippen LogP contribution is 2.28. The number of hydrogen-bond donors (Lipinski definition) is 4. The van der Waals surface area contributed by atoms with Crippen LogP contribution in [0.3, 0.4) is 0 Å². The van der Waals surface area contributed by atoms with Gasteiger partial charge in [0.2, 0.25) is 16.0 Å². The highest BCUT2D eigenvalue weighted by atomic mass is 32.2. The number of amides is 1. The van der Waals surface area contributed by atoms with Gasteiger partial charge in [0.25, 0.3) is 5.91 Å². The van der Waals surface area contributed by atoms with Crippen molar-refractivity contribution < 1.29 is 13.2 Å². The molecule has 0 spiro atoms. The second-order valence-electron chi connectivity index (χ2n) is 8.44. The molecule has 11 heteroatoms. The zero-order chi connectivity index (χ0) is 26.0. The summed E-state index contributed by atoms with van der Waals surface area (Å²) in [5.74, 6) is 0.0313. The van der Waals surface area contributed by atoms with Gasteiger partial charge in [-0.25, -0.2) is 18.4 Å². The van der Waals surface area contributed by atoms with Gasteiger partial charge in [0.15, 0.2) is 0 Å². The molecule has 0 fully saturated rings. The zero-order valence-electron chi connectivity index (χ0n) is 20.0. The number of pyridine rings is 1. The molecule has 0 aliphatic rings. The number of rotatable bonds is 7. The van der Waals surface area contributed by atoms with Crippen molar-refractivity contribution in [2.45, 2.75) is 6.92 Å². The lowest BCUT2D eigenvalue weighted by Gasteiger charge is -2.13. The second kappa shape index (κ2) is 9.70. The molecule has 10 nitrogen and oxygen atoms in total. The minimum atomic E-state index is -3.43. The number of benzene rings is 2. The van der Waals surface area contributed by atoms with E-state index in [0.717, 1.165) is 28.4 Å². The van der Waals surface area contributed by atoms with Gasteiger partial charge in [-0.3, -0.25) is 14.5 Å². The number of nitrogens with one attached hydrogen (secondary N) is 4. The normalized spacial score (nSPS) is 11.3. The molecular weight excluding hydrogens is 490 g/mol. The van der Waals surface area contributed by atoms with E-state index in [2.05, 4.69) is 30.3 Å². The van der Waals surface area contributed by atoms with Crippen LogP contribution in [0.25, 0.3) is 22.3 Å². The number of nitrogens with zero attached hydrogens (tertiary/aromatic N) is 3. The Kier molecular flexibility index (Phi) is 6.28. The van der Waals surface area contributed by atoms with Crippen LogP contribution >= 0.6 is 0 Å². The van der Waals surface area contributed by atoms with Gasteiger partial charge in [-0.15, -0.1) is 0 Å². The Morgan fingerprint density at radius 3 is 2.59 bits per heavy atom. The molecule has 0 saturated carbocycles. The predicted molar refractivity (Wildman–Crippen MR) is 144 cm³/mol. The van der Waals surface area contributed by atoms with Crippen molar-refractivity contribution in [2.75, 3.05) is 21.6 Å². The summed E-state index contributed by atoms with van der Waals surface area (Å²) in [6.45, 7) is 1.92. The van der Waals surface area contributed by atoms with Gasteiger partial charge < -0.3 is 15.6 Å². The molecule has 5 aromatic rings. The van der Waals surface area contributed by atoms with Crippen molar-refractivity contribution in [3.05, 3.63) is 90.4 Å². The van der Waals surface area contributed by atoms with Gasteiger partial charge in [0.1, 0.15) is 5.69 Å². The Labute approximate surface area is 213 Å². The van der Waals surface area contributed by atoms with E-state index in [4.69, 9.17) is 4.98 Å². The maximum Gasteiger partial charge on any atom is 0.255 e. The van der Waals surface area contributed by atoms with Gasteiger partial charge in [0.05, 0.1) is 23.0 Å². The molecule has 1 amide bonds. The van der Waals surface area contributed by atoms with Crippen LogP contribution in [0.2, 0.25) is 0 Å². The van der Waals surface area contributed by atoms with E-state index < -0.39 is 10.0 Å². The van der Waals surface area contributed by atoms with Crippen LogP contribution in [0.5, 0.6) is 0 Å². The molecule has 2 aromatic carbocycles. The summed E-state index contributed by atoms with van der Waals surface area (Å²) in [5.41, 5.74) is 5.89. The lowest BCUT2D eigenvalue weighted by atomic mass is 10.1. The van der Waals surface area contributed by atoms with E-state index >= 15 is 0 Å². The maximum atomic E-state index is 13.0. The van der Waals surface area contributed by atoms with Gasteiger partial charge >= 0.3 is 0 Å². The van der Waals surface area contributed by atoms with E-state index in [1.165, 1.54) is 0 Å². The monoisotopic (exact) mass is 513 g/mol. The van der Waals surface area contributed by atoms with Crippen molar-refractivity contribution in [1.82, 2.24) is 19.9 Å². The van der Waals surface area contributed by atoms with Gasteiger partial charge in [-0.2, -0.15) is 0 Å². The van der Waals surface area contributed by atoms with Crippen LogP contribution in [-0.4, -0.2) is 40.5 Å². The third kappa shape index (κ3) is 5.57. The summed E-state index contributed by atoms with van der Waals surface area (Å²) < 4.78 is 25.4. The second-order valence-corrected chi connectivity index (χ2v) is 10.2. The number of carbonyl (C=O) groups is 1. The lowest BCUT2D eigenvalue weighted by molar-refractivity contribution is 0.102. The molecule has 0 radical (unpaired) electrons. The average Bonchev–Trinajstić information content (AvgIpc) is 3.33. The van der Waals surface area contributed by atoms with E-state index in [1.54, 1.807) is 55.0 Å². The number of H-pyrrole nitrogens is 1. The van der Waals surface area contributed by atoms with E-state index in [9.17, 15) is 13.2 Å². The summed E-state index contributed by atoms with van der Waals surface area (Å²) in [5, 5.41) is 6.05. The van der Waals surface area contributed by atoms with Crippen LogP contribution in [0.15, 0.2) is 79.3 Å². The summed E-state index contributed by atoms with van der Waals surface area (Å²) in [6.07, 6.45) is 6.31. The fraction of sp³-hybridized carbons (Fsp3) is 0.0769. The predicted octanol–water partition coefficient (Wildman–Crippen LogP) is 4.70. The average molecular weight is 514 g/mol. The summed E-state index contributed by atoms with van der Waals surface area (Å²) >= 11 is 0. The zero-order valence-corrected chi connectivity index (χ0v) is 20.8. The number of aromatic amines is 1. The number of hydrogen-bond acceptors (Lipinski definition) is 7. The Balaban J connectivity index is 1.41. The topological polar surface area (TPSA) is 142 Å². The number of aromatic nitrogens is 4. The molecule has 4 N–H and O–H groups in total.